The van der Waals surface area contributed by atoms with Gasteiger partial charge in [0.15, 0.2) is 0 Å². The van der Waals surface area contributed by atoms with Gasteiger partial charge < -0.3 is 10.2 Å². The van der Waals surface area contributed by atoms with E-state index in [1.165, 1.54) is 35.2 Å². The van der Waals surface area contributed by atoms with E-state index in [2.05, 4.69) is 5.32 Å². The number of hydrogen-bond donors (Lipinski definition) is 1. The van der Waals surface area contributed by atoms with Gasteiger partial charge in [0.25, 0.3) is 10.0 Å². The Hall–Kier alpha value is -2.78. The van der Waals surface area contributed by atoms with Gasteiger partial charge in [-0.25, -0.2) is 8.42 Å². The first-order valence-electron chi connectivity index (χ1n) is 11.8. The van der Waals surface area contributed by atoms with Crippen LogP contribution in [-0.2, 0) is 26.2 Å². The molecule has 0 bridgehead atoms. The molecule has 1 N–H and O–H groups in total. The second-order valence-corrected chi connectivity index (χ2v) is 12.1. The molecule has 38 heavy (non-hydrogen) atoms. The molecule has 202 valence electrons. The molecule has 0 aliphatic carbocycles. The fourth-order valence-electron chi connectivity index (χ4n) is 3.69. The Kier molecular flexibility index (Phi) is 10.1. The van der Waals surface area contributed by atoms with Gasteiger partial charge in [0, 0.05) is 22.6 Å². The van der Waals surface area contributed by atoms with Gasteiger partial charge in [-0.05, 0) is 68.8 Å². The van der Waals surface area contributed by atoms with Crippen LogP contribution >= 0.6 is 34.8 Å². The van der Waals surface area contributed by atoms with Crippen LogP contribution in [0.1, 0.15) is 26.3 Å². The van der Waals surface area contributed by atoms with E-state index in [9.17, 15) is 18.0 Å². The Labute approximate surface area is 238 Å². The number of rotatable bonds is 10. The molecule has 3 aromatic carbocycles. The minimum absolute atomic E-state index is 0.0198. The van der Waals surface area contributed by atoms with Crippen LogP contribution in [0, 0.1) is 0 Å². The van der Waals surface area contributed by atoms with Gasteiger partial charge in [0.05, 0.1) is 15.6 Å². The van der Waals surface area contributed by atoms with Crippen LogP contribution in [-0.4, -0.2) is 43.8 Å². The second kappa shape index (κ2) is 12.8. The highest BCUT2D eigenvalue weighted by atomic mass is 35.5. The maximum Gasteiger partial charge on any atom is 0.264 e. The topological polar surface area (TPSA) is 86.8 Å². The molecular weight excluding hydrogens is 569 g/mol. The molecule has 0 aliphatic rings. The molecule has 0 saturated heterocycles. The lowest BCUT2D eigenvalue weighted by Crippen LogP contribution is -2.52. The lowest BCUT2D eigenvalue weighted by molar-refractivity contribution is -0.139. The van der Waals surface area contributed by atoms with E-state index >= 15 is 0 Å². The third-order valence-corrected chi connectivity index (χ3v) is 8.22. The Bertz CT molecular complexity index is 1380. The van der Waals surface area contributed by atoms with Gasteiger partial charge in [0.1, 0.15) is 12.6 Å². The minimum atomic E-state index is -4.22. The molecule has 0 saturated carbocycles. The summed E-state index contributed by atoms with van der Waals surface area (Å²) in [7, 11) is -4.22. The number of amides is 2. The summed E-state index contributed by atoms with van der Waals surface area (Å²) in [5.41, 5.74) is 0.799. The molecule has 0 aliphatic heterocycles. The van der Waals surface area contributed by atoms with Crippen molar-refractivity contribution in [1.29, 1.82) is 0 Å². The first-order chi connectivity index (χ1) is 17.9. The monoisotopic (exact) mass is 595 g/mol. The molecule has 0 radical (unpaired) electrons. The zero-order valence-electron chi connectivity index (χ0n) is 21.1. The number of nitrogens with one attached hydrogen (secondary N) is 1. The van der Waals surface area contributed by atoms with Gasteiger partial charge in [0.2, 0.25) is 11.8 Å². The van der Waals surface area contributed by atoms with E-state index in [1.807, 2.05) is 13.8 Å². The molecule has 0 heterocycles. The number of sulfonamides is 1. The summed E-state index contributed by atoms with van der Waals surface area (Å²) in [5, 5.41) is 3.70. The van der Waals surface area contributed by atoms with Gasteiger partial charge in [-0.15, -0.1) is 0 Å². The average Bonchev–Trinajstić information content (AvgIpc) is 2.87. The number of carbonyl (C=O) groups is 2. The molecule has 1 atom stereocenters. The van der Waals surface area contributed by atoms with Crippen molar-refractivity contribution in [2.75, 3.05) is 10.8 Å². The van der Waals surface area contributed by atoms with Gasteiger partial charge in [-0.3, -0.25) is 13.9 Å². The molecule has 7 nitrogen and oxygen atoms in total. The summed E-state index contributed by atoms with van der Waals surface area (Å²) >= 11 is 18.5. The standard InChI is InChI=1S/C27H28Cl3N3O4S/c1-18(2)31-27(35)19(3)32(16-20-9-11-21(28)12-10-20)26(34)17-33(25-14-13-22(29)15-24(25)30)38(36,37)23-7-5-4-6-8-23/h4-15,18-19H,16-17H2,1-3H3,(H,31,35). The maximum atomic E-state index is 13.8. The van der Waals surface area contributed by atoms with Crippen molar-refractivity contribution >= 4 is 62.3 Å². The highest BCUT2D eigenvalue weighted by molar-refractivity contribution is 7.92. The summed E-state index contributed by atoms with van der Waals surface area (Å²) in [4.78, 5) is 28.1. The Balaban J connectivity index is 2.05. The molecule has 0 spiro atoms. The zero-order valence-corrected chi connectivity index (χ0v) is 24.2. The number of halogens is 3. The summed E-state index contributed by atoms with van der Waals surface area (Å²) in [6, 6.07) is 17.8. The third kappa shape index (κ3) is 7.41. The molecule has 3 rings (SSSR count). The van der Waals surface area contributed by atoms with Gasteiger partial charge >= 0.3 is 0 Å². The second-order valence-electron chi connectivity index (χ2n) is 8.91. The van der Waals surface area contributed by atoms with E-state index in [0.29, 0.717) is 15.6 Å². The lowest BCUT2D eigenvalue weighted by atomic mass is 10.1. The summed E-state index contributed by atoms with van der Waals surface area (Å²) < 4.78 is 28.4. The number of nitrogens with zero attached hydrogens (tertiary/aromatic N) is 2. The Morgan fingerprint density at radius 3 is 2.05 bits per heavy atom. The molecular formula is C27H28Cl3N3O4S. The smallest absolute Gasteiger partial charge is 0.264 e. The first kappa shape index (κ1) is 29.8. The lowest BCUT2D eigenvalue weighted by Gasteiger charge is -2.32. The quantitative estimate of drug-likeness (QED) is 0.321. The predicted molar refractivity (Wildman–Crippen MR) is 152 cm³/mol. The van der Waals surface area contributed by atoms with Crippen molar-refractivity contribution < 1.29 is 18.0 Å². The number of hydrogen-bond acceptors (Lipinski definition) is 4. The molecule has 11 heteroatoms. The highest BCUT2D eigenvalue weighted by Gasteiger charge is 2.33. The molecule has 3 aromatic rings. The van der Waals surface area contributed by atoms with Crippen LogP contribution in [0.15, 0.2) is 77.7 Å². The van der Waals surface area contributed by atoms with Crippen LogP contribution in [0.3, 0.4) is 0 Å². The van der Waals surface area contributed by atoms with Crippen LogP contribution in [0.2, 0.25) is 15.1 Å². The van der Waals surface area contributed by atoms with E-state index in [1.54, 1.807) is 49.4 Å². The third-order valence-electron chi connectivity index (χ3n) is 5.65. The molecule has 0 fully saturated rings. The number of anilines is 1. The van der Waals surface area contributed by atoms with Gasteiger partial charge in [-0.2, -0.15) is 0 Å². The molecule has 0 aromatic heterocycles. The van der Waals surface area contributed by atoms with Gasteiger partial charge in [-0.1, -0.05) is 65.1 Å². The van der Waals surface area contributed by atoms with Crippen molar-refractivity contribution in [3.63, 3.8) is 0 Å². The molecule has 1 unspecified atom stereocenters. The van der Waals surface area contributed by atoms with Crippen LogP contribution in [0.25, 0.3) is 0 Å². The summed E-state index contributed by atoms with van der Waals surface area (Å²) in [6.07, 6.45) is 0. The molecule has 2 amide bonds. The van der Waals surface area contributed by atoms with Crippen molar-refractivity contribution in [2.45, 2.75) is 44.3 Å². The first-order valence-corrected chi connectivity index (χ1v) is 14.3. The maximum absolute atomic E-state index is 13.8. The fourth-order valence-corrected chi connectivity index (χ4v) is 5.83. The Morgan fingerprint density at radius 1 is 0.868 bits per heavy atom. The minimum Gasteiger partial charge on any atom is -0.352 e. The number of carbonyl (C=O) groups excluding carboxylic acids is 2. The summed E-state index contributed by atoms with van der Waals surface area (Å²) in [5.74, 6) is -0.971. The zero-order chi connectivity index (χ0) is 28.0. The van der Waals surface area contributed by atoms with E-state index in [0.717, 1.165) is 4.31 Å². The number of benzene rings is 3. The van der Waals surface area contributed by atoms with Crippen molar-refractivity contribution in [3.8, 4) is 0 Å². The van der Waals surface area contributed by atoms with E-state index < -0.39 is 28.5 Å². The van der Waals surface area contributed by atoms with Crippen LogP contribution in [0.5, 0.6) is 0 Å². The van der Waals surface area contributed by atoms with Crippen molar-refractivity contribution in [2.24, 2.45) is 0 Å². The summed E-state index contributed by atoms with van der Waals surface area (Å²) in [6.45, 7) is 4.66. The average molecular weight is 597 g/mol. The largest absolute Gasteiger partial charge is 0.352 e. The van der Waals surface area contributed by atoms with Crippen molar-refractivity contribution in [3.05, 3.63) is 93.4 Å². The predicted octanol–water partition coefficient (Wildman–Crippen LogP) is 5.78. The van der Waals surface area contributed by atoms with Crippen LogP contribution < -0.4 is 9.62 Å². The Morgan fingerprint density at radius 2 is 1.47 bits per heavy atom. The van der Waals surface area contributed by atoms with E-state index in [4.69, 9.17) is 34.8 Å². The SMILES string of the molecule is CC(C)NC(=O)C(C)N(Cc1ccc(Cl)cc1)C(=O)CN(c1ccc(Cl)cc1Cl)S(=O)(=O)c1ccccc1. The van der Waals surface area contributed by atoms with E-state index in [-0.39, 0.29) is 34.1 Å². The van der Waals surface area contributed by atoms with Crippen molar-refractivity contribution in [1.82, 2.24) is 10.2 Å². The highest BCUT2D eigenvalue weighted by Crippen LogP contribution is 2.33. The fraction of sp³-hybridized carbons (Fsp3) is 0.259. The van der Waals surface area contributed by atoms with Crippen LogP contribution in [0.4, 0.5) is 5.69 Å². The normalized spacial score (nSPS) is 12.2.